The standard InChI is InChI=1S/C15H13FN2O3S/c16-13-6-3-7-14(17-13)22(20,21)10-15(19)18-8-11-4-1-2-5-12(11)9-18/h1-7H,8-10H2. The van der Waals surface area contributed by atoms with Gasteiger partial charge in [0.1, 0.15) is 5.75 Å². The fraction of sp³-hybridized carbons (Fsp3) is 0.200. The molecule has 1 aromatic heterocycles. The number of fused-ring (bicyclic) bond motifs is 1. The van der Waals surface area contributed by atoms with Gasteiger partial charge < -0.3 is 4.90 Å². The zero-order chi connectivity index (χ0) is 15.7. The van der Waals surface area contributed by atoms with Crippen molar-refractivity contribution in [2.45, 2.75) is 18.1 Å². The summed E-state index contributed by atoms with van der Waals surface area (Å²) in [4.78, 5) is 17.0. The largest absolute Gasteiger partial charge is 0.333 e. The van der Waals surface area contributed by atoms with Crippen LogP contribution in [0.5, 0.6) is 0 Å². The normalized spacial score (nSPS) is 14.0. The fourth-order valence-electron chi connectivity index (χ4n) is 2.40. The number of halogens is 1. The zero-order valence-corrected chi connectivity index (χ0v) is 12.4. The summed E-state index contributed by atoms with van der Waals surface area (Å²) in [6, 6.07) is 11.1. The van der Waals surface area contributed by atoms with E-state index in [9.17, 15) is 17.6 Å². The second-order valence-electron chi connectivity index (χ2n) is 5.08. The minimum Gasteiger partial charge on any atom is -0.333 e. The van der Waals surface area contributed by atoms with E-state index in [4.69, 9.17) is 0 Å². The summed E-state index contributed by atoms with van der Waals surface area (Å²) in [7, 11) is -3.95. The van der Waals surface area contributed by atoms with Crippen molar-refractivity contribution in [1.82, 2.24) is 9.88 Å². The molecule has 1 amide bonds. The van der Waals surface area contributed by atoms with Gasteiger partial charge in [-0.1, -0.05) is 30.3 Å². The molecule has 0 aliphatic carbocycles. The molecule has 1 aliphatic rings. The summed E-state index contributed by atoms with van der Waals surface area (Å²) in [6.45, 7) is 0.780. The van der Waals surface area contributed by atoms with Gasteiger partial charge in [-0.3, -0.25) is 4.79 Å². The highest BCUT2D eigenvalue weighted by molar-refractivity contribution is 7.92. The van der Waals surface area contributed by atoms with Crippen LogP contribution in [-0.2, 0) is 27.7 Å². The lowest BCUT2D eigenvalue weighted by Crippen LogP contribution is -2.31. The van der Waals surface area contributed by atoms with Crippen molar-refractivity contribution >= 4 is 15.7 Å². The Bertz CT molecular complexity index is 811. The van der Waals surface area contributed by atoms with E-state index in [1.807, 2.05) is 24.3 Å². The molecule has 1 aromatic carbocycles. The molecular formula is C15H13FN2O3S. The Kier molecular flexibility index (Phi) is 3.66. The first-order valence-corrected chi connectivity index (χ1v) is 8.31. The first-order chi connectivity index (χ1) is 10.5. The second kappa shape index (κ2) is 5.49. The first-order valence-electron chi connectivity index (χ1n) is 6.65. The van der Waals surface area contributed by atoms with Crippen molar-refractivity contribution in [3.8, 4) is 0 Å². The molecule has 0 atom stereocenters. The van der Waals surface area contributed by atoms with Crippen molar-refractivity contribution in [2.24, 2.45) is 0 Å². The molecule has 0 N–H and O–H groups in total. The Labute approximate surface area is 127 Å². The van der Waals surface area contributed by atoms with Gasteiger partial charge in [-0.15, -0.1) is 0 Å². The van der Waals surface area contributed by atoms with Gasteiger partial charge in [0, 0.05) is 13.1 Å². The number of amides is 1. The Balaban J connectivity index is 1.75. The van der Waals surface area contributed by atoms with E-state index in [1.165, 1.54) is 17.0 Å². The van der Waals surface area contributed by atoms with Crippen LogP contribution in [-0.4, -0.2) is 30.0 Å². The number of nitrogens with zero attached hydrogens (tertiary/aromatic N) is 2. The van der Waals surface area contributed by atoms with Crippen molar-refractivity contribution in [3.05, 3.63) is 59.5 Å². The summed E-state index contributed by atoms with van der Waals surface area (Å²) >= 11 is 0. The van der Waals surface area contributed by atoms with Crippen LogP contribution in [0.25, 0.3) is 0 Å². The van der Waals surface area contributed by atoms with Crippen LogP contribution in [0.4, 0.5) is 4.39 Å². The van der Waals surface area contributed by atoms with Crippen molar-refractivity contribution in [3.63, 3.8) is 0 Å². The van der Waals surface area contributed by atoms with Crippen LogP contribution in [0.1, 0.15) is 11.1 Å². The minimum absolute atomic E-state index is 0.390. The summed E-state index contributed by atoms with van der Waals surface area (Å²) in [5, 5.41) is -0.419. The van der Waals surface area contributed by atoms with Gasteiger partial charge in [0.2, 0.25) is 21.7 Å². The molecule has 0 spiro atoms. The van der Waals surface area contributed by atoms with Gasteiger partial charge in [0.25, 0.3) is 0 Å². The number of benzene rings is 1. The van der Waals surface area contributed by atoms with E-state index in [2.05, 4.69) is 4.98 Å². The molecule has 2 aromatic rings. The van der Waals surface area contributed by atoms with Crippen LogP contribution >= 0.6 is 0 Å². The molecule has 0 bridgehead atoms. The molecular weight excluding hydrogens is 307 g/mol. The lowest BCUT2D eigenvalue weighted by atomic mass is 10.1. The van der Waals surface area contributed by atoms with Gasteiger partial charge >= 0.3 is 0 Å². The average molecular weight is 320 g/mol. The second-order valence-corrected chi connectivity index (χ2v) is 7.01. The predicted molar refractivity (Wildman–Crippen MR) is 76.9 cm³/mol. The highest BCUT2D eigenvalue weighted by atomic mass is 32.2. The maximum absolute atomic E-state index is 13.0. The Morgan fingerprint density at radius 2 is 1.73 bits per heavy atom. The number of pyridine rings is 1. The highest BCUT2D eigenvalue weighted by Crippen LogP contribution is 2.23. The maximum Gasteiger partial charge on any atom is 0.238 e. The number of sulfone groups is 1. The number of carbonyl (C=O) groups is 1. The number of hydrogen-bond donors (Lipinski definition) is 0. The van der Waals surface area contributed by atoms with E-state index in [0.29, 0.717) is 13.1 Å². The number of rotatable bonds is 3. The van der Waals surface area contributed by atoms with Crippen molar-refractivity contribution in [2.75, 3.05) is 5.75 Å². The van der Waals surface area contributed by atoms with Crippen LogP contribution in [0.2, 0.25) is 0 Å². The smallest absolute Gasteiger partial charge is 0.238 e. The third kappa shape index (κ3) is 2.85. The van der Waals surface area contributed by atoms with E-state index in [1.54, 1.807) is 0 Å². The Morgan fingerprint density at radius 1 is 1.09 bits per heavy atom. The maximum atomic E-state index is 13.0. The molecule has 2 heterocycles. The summed E-state index contributed by atoms with van der Waals surface area (Å²) < 4.78 is 37.3. The number of carbonyl (C=O) groups excluding carboxylic acids is 1. The van der Waals surface area contributed by atoms with Crippen LogP contribution in [0, 0.1) is 5.95 Å². The lowest BCUT2D eigenvalue weighted by Gasteiger charge is -2.15. The highest BCUT2D eigenvalue weighted by Gasteiger charge is 2.28. The molecule has 0 saturated heterocycles. The molecule has 114 valence electrons. The van der Waals surface area contributed by atoms with E-state index < -0.39 is 32.5 Å². The van der Waals surface area contributed by atoms with Crippen LogP contribution in [0.3, 0.4) is 0 Å². The molecule has 0 fully saturated rings. The third-order valence-corrected chi connectivity index (χ3v) is 5.01. The molecule has 0 saturated carbocycles. The van der Waals surface area contributed by atoms with Gasteiger partial charge in [-0.2, -0.15) is 4.39 Å². The molecule has 3 rings (SSSR count). The quantitative estimate of drug-likeness (QED) is 0.805. The van der Waals surface area contributed by atoms with Gasteiger partial charge in [-0.05, 0) is 23.3 Å². The van der Waals surface area contributed by atoms with Gasteiger partial charge in [-0.25, -0.2) is 13.4 Å². The molecule has 22 heavy (non-hydrogen) atoms. The fourth-order valence-corrected chi connectivity index (χ4v) is 3.57. The van der Waals surface area contributed by atoms with Gasteiger partial charge in [0.15, 0.2) is 5.03 Å². The Morgan fingerprint density at radius 3 is 2.32 bits per heavy atom. The SMILES string of the molecule is O=C(CS(=O)(=O)c1cccc(F)n1)N1Cc2ccccc2C1. The zero-order valence-electron chi connectivity index (χ0n) is 11.6. The van der Waals surface area contributed by atoms with E-state index in [0.717, 1.165) is 17.2 Å². The first kappa shape index (κ1) is 14.6. The lowest BCUT2D eigenvalue weighted by molar-refractivity contribution is -0.129. The van der Waals surface area contributed by atoms with Gasteiger partial charge in [0.05, 0.1) is 0 Å². The van der Waals surface area contributed by atoms with Crippen molar-refractivity contribution in [1.29, 1.82) is 0 Å². The summed E-state index contributed by atoms with van der Waals surface area (Å²) in [6.07, 6.45) is 0. The number of aromatic nitrogens is 1. The van der Waals surface area contributed by atoms with Crippen LogP contribution < -0.4 is 0 Å². The van der Waals surface area contributed by atoms with E-state index in [-0.39, 0.29) is 0 Å². The van der Waals surface area contributed by atoms with E-state index >= 15 is 0 Å². The monoisotopic (exact) mass is 320 g/mol. The molecule has 5 nitrogen and oxygen atoms in total. The summed E-state index contributed by atoms with van der Waals surface area (Å²) in [5.74, 6) is -2.11. The molecule has 0 radical (unpaired) electrons. The predicted octanol–water partition coefficient (Wildman–Crippen LogP) is 1.54. The van der Waals surface area contributed by atoms with Crippen molar-refractivity contribution < 1.29 is 17.6 Å². The molecule has 1 aliphatic heterocycles. The third-order valence-electron chi connectivity index (χ3n) is 3.52. The van der Waals surface area contributed by atoms with Crippen LogP contribution in [0.15, 0.2) is 47.5 Å². The minimum atomic E-state index is -3.95. The Hall–Kier alpha value is -2.28. The summed E-state index contributed by atoms with van der Waals surface area (Å²) in [5.41, 5.74) is 2.02. The number of hydrogen-bond acceptors (Lipinski definition) is 4. The topological polar surface area (TPSA) is 67.3 Å². The molecule has 7 heteroatoms. The average Bonchev–Trinajstić information content (AvgIpc) is 2.91. The molecule has 0 unspecified atom stereocenters.